The van der Waals surface area contributed by atoms with Crippen molar-refractivity contribution in [2.24, 2.45) is 0 Å². The van der Waals surface area contributed by atoms with Crippen LogP contribution in [0.3, 0.4) is 0 Å². The van der Waals surface area contributed by atoms with E-state index in [0.29, 0.717) is 12.8 Å². The molecule has 0 aromatic heterocycles. The number of benzene rings is 3. The molecule has 1 amide bonds. The lowest BCUT2D eigenvalue weighted by Gasteiger charge is -2.11. The summed E-state index contributed by atoms with van der Waals surface area (Å²) in [6.45, 7) is 0. The molecule has 0 radical (unpaired) electrons. The molecule has 0 saturated carbocycles. The maximum Gasteiger partial charge on any atom is 0.224 e. The van der Waals surface area contributed by atoms with Gasteiger partial charge in [0.25, 0.3) is 0 Å². The summed E-state index contributed by atoms with van der Waals surface area (Å²) in [5.41, 5.74) is 4.80. The smallest absolute Gasteiger partial charge is 0.224 e. The number of aryl methyl sites for hydroxylation is 3. The molecule has 1 aliphatic rings. The van der Waals surface area contributed by atoms with Crippen molar-refractivity contribution >= 4 is 22.4 Å². The van der Waals surface area contributed by atoms with E-state index in [1.165, 1.54) is 16.5 Å². The summed E-state index contributed by atoms with van der Waals surface area (Å²) in [7, 11) is 1.65. The van der Waals surface area contributed by atoms with Crippen LogP contribution in [0.25, 0.3) is 10.8 Å². The minimum absolute atomic E-state index is 0.0431. The van der Waals surface area contributed by atoms with Gasteiger partial charge in [-0.3, -0.25) is 4.79 Å². The van der Waals surface area contributed by atoms with Crippen molar-refractivity contribution in [1.82, 2.24) is 0 Å². The average molecular weight is 331 g/mol. The molecule has 1 N–H and O–H groups in total. The molecule has 0 aliphatic heterocycles. The fourth-order valence-electron chi connectivity index (χ4n) is 3.65. The number of rotatable bonds is 5. The molecule has 0 fully saturated rings. The van der Waals surface area contributed by atoms with Crippen LogP contribution in [0.15, 0.2) is 54.6 Å². The molecule has 25 heavy (non-hydrogen) atoms. The van der Waals surface area contributed by atoms with Gasteiger partial charge in [-0.15, -0.1) is 0 Å². The third kappa shape index (κ3) is 3.10. The lowest BCUT2D eigenvalue weighted by molar-refractivity contribution is -0.116. The first-order valence-electron chi connectivity index (χ1n) is 8.71. The van der Waals surface area contributed by atoms with Gasteiger partial charge in [0.1, 0.15) is 5.75 Å². The van der Waals surface area contributed by atoms with Crippen molar-refractivity contribution in [3.05, 3.63) is 71.3 Å². The summed E-state index contributed by atoms with van der Waals surface area (Å²) >= 11 is 0. The van der Waals surface area contributed by atoms with Gasteiger partial charge in [-0.1, -0.05) is 36.4 Å². The summed E-state index contributed by atoms with van der Waals surface area (Å²) in [5.74, 6) is 0.868. The largest absolute Gasteiger partial charge is 0.497 e. The standard InChI is InChI=1S/C22H21NO2/c1-25-18-6-2-4-15(14-18)8-13-21(24)23-20-12-11-17-10-9-16-5-3-7-19(20)22(16)17/h2-7,11-12,14H,8-10,13H2,1H3,(H,23,24). The van der Waals surface area contributed by atoms with Gasteiger partial charge in [0.2, 0.25) is 5.91 Å². The number of ether oxygens (including phenoxy) is 1. The Kier molecular flexibility index (Phi) is 4.14. The topological polar surface area (TPSA) is 38.3 Å². The SMILES string of the molecule is COc1cccc(CCC(=O)Nc2ccc3c4c(cccc24)CC3)c1. The van der Waals surface area contributed by atoms with Crippen LogP contribution >= 0.6 is 0 Å². The number of carbonyl (C=O) groups is 1. The van der Waals surface area contributed by atoms with E-state index in [1.54, 1.807) is 7.11 Å². The van der Waals surface area contributed by atoms with E-state index in [1.807, 2.05) is 30.3 Å². The number of amides is 1. The Balaban J connectivity index is 1.49. The number of anilines is 1. The van der Waals surface area contributed by atoms with Gasteiger partial charge in [-0.05, 0) is 59.5 Å². The Morgan fingerprint density at radius 1 is 1.04 bits per heavy atom. The highest BCUT2D eigenvalue weighted by Crippen LogP contribution is 2.35. The average Bonchev–Trinajstić information content (AvgIpc) is 3.07. The van der Waals surface area contributed by atoms with Crippen LogP contribution in [0.2, 0.25) is 0 Å². The van der Waals surface area contributed by atoms with Gasteiger partial charge in [-0.25, -0.2) is 0 Å². The van der Waals surface area contributed by atoms with Crippen molar-refractivity contribution in [2.75, 3.05) is 12.4 Å². The highest BCUT2D eigenvalue weighted by Gasteiger charge is 2.16. The van der Waals surface area contributed by atoms with Crippen LogP contribution in [0.5, 0.6) is 5.75 Å². The molecule has 3 aromatic rings. The summed E-state index contributed by atoms with van der Waals surface area (Å²) in [6, 6.07) is 18.4. The second kappa shape index (κ2) is 6.60. The van der Waals surface area contributed by atoms with Gasteiger partial charge in [-0.2, -0.15) is 0 Å². The van der Waals surface area contributed by atoms with Crippen molar-refractivity contribution in [3.63, 3.8) is 0 Å². The minimum atomic E-state index is 0.0431. The molecule has 0 heterocycles. The summed E-state index contributed by atoms with van der Waals surface area (Å²) in [4.78, 5) is 12.4. The molecule has 0 spiro atoms. The number of carbonyl (C=O) groups excluding carboxylic acids is 1. The van der Waals surface area contributed by atoms with E-state index < -0.39 is 0 Å². The Morgan fingerprint density at radius 2 is 1.84 bits per heavy atom. The van der Waals surface area contributed by atoms with Gasteiger partial charge in [0.15, 0.2) is 0 Å². The molecule has 0 atom stereocenters. The fraction of sp³-hybridized carbons (Fsp3) is 0.227. The lowest BCUT2D eigenvalue weighted by Crippen LogP contribution is -2.12. The van der Waals surface area contributed by atoms with Crippen LogP contribution in [-0.2, 0) is 24.1 Å². The zero-order valence-electron chi connectivity index (χ0n) is 14.3. The minimum Gasteiger partial charge on any atom is -0.497 e. The normalized spacial score (nSPS) is 12.4. The Morgan fingerprint density at radius 3 is 2.68 bits per heavy atom. The quantitative estimate of drug-likeness (QED) is 0.746. The summed E-state index contributed by atoms with van der Waals surface area (Å²) in [5, 5.41) is 5.58. The molecule has 126 valence electrons. The van der Waals surface area contributed by atoms with E-state index >= 15 is 0 Å². The van der Waals surface area contributed by atoms with E-state index in [4.69, 9.17) is 4.74 Å². The number of methoxy groups -OCH3 is 1. The first kappa shape index (κ1) is 15.7. The summed E-state index contributed by atoms with van der Waals surface area (Å²) in [6.07, 6.45) is 3.35. The monoisotopic (exact) mass is 331 g/mol. The number of nitrogens with one attached hydrogen (secondary N) is 1. The van der Waals surface area contributed by atoms with Crippen molar-refractivity contribution in [1.29, 1.82) is 0 Å². The molecule has 3 aromatic carbocycles. The van der Waals surface area contributed by atoms with Crippen LogP contribution in [-0.4, -0.2) is 13.0 Å². The summed E-state index contributed by atoms with van der Waals surface area (Å²) < 4.78 is 5.23. The molecular formula is C22H21NO2. The maximum absolute atomic E-state index is 12.4. The second-order valence-electron chi connectivity index (χ2n) is 6.51. The zero-order chi connectivity index (χ0) is 17.2. The second-order valence-corrected chi connectivity index (χ2v) is 6.51. The van der Waals surface area contributed by atoms with Gasteiger partial charge < -0.3 is 10.1 Å². The third-order valence-electron chi connectivity index (χ3n) is 4.93. The Bertz CT molecular complexity index is 936. The number of hydrogen-bond acceptors (Lipinski definition) is 2. The highest BCUT2D eigenvalue weighted by atomic mass is 16.5. The molecule has 0 saturated heterocycles. The van der Waals surface area contributed by atoms with Crippen molar-refractivity contribution in [3.8, 4) is 5.75 Å². The van der Waals surface area contributed by atoms with E-state index in [2.05, 4.69) is 29.6 Å². The fourth-order valence-corrected chi connectivity index (χ4v) is 3.65. The van der Waals surface area contributed by atoms with E-state index in [0.717, 1.165) is 35.2 Å². The Hall–Kier alpha value is -2.81. The molecule has 1 aliphatic carbocycles. The van der Waals surface area contributed by atoms with Crippen LogP contribution in [0, 0.1) is 0 Å². The van der Waals surface area contributed by atoms with Gasteiger partial charge >= 0.3 is 0 Å². The van der Waals surface area contributed by atoms with E-state index in [-0.39, 0.29) is 5.91 Å². The maximum atomic E-state index is 12.4. The molecule has 0 unspecified atom stereocenters. The van der Waals surface area contributed by atoms with Crippen molar-refractivity contribution in [2.45, 2.75) is 25.7 Å². The molecular weight excluding hydrogens is 310 g/mol. The van der Waals surface area contributed by atoms with Gasteiger partial charge in [0.05, 0.1) is 7.11 Å². The van der Waals surface area contributed by atoms with E-state index in [9.17, 15) is 4.79 Å². The molecule has 4 rings (SSSR count). The van der Waals surface area contributed by atoms with Crippen molar-refractivity contribution < 1.29 is 9.53 Å². The molecule has 0 bridgehead atoms. The third-order valence-corrected chi connectivity index (χ3v) is 4.93. The zero-order valence-corrected chi connectivity index (χ0v) is 14.3. The van der Waals surface area contributed by atoms with Crippen LogP contribution < -0.4 is 10.1 Å². The Labute approximate surface area is 147 Å². The van der Waals surface area contributed by atoms with Crippen LogP contribution in [0.1, 0.15) is 23.1 Å². The van der Waals surface area contributed by atoms with Crippen LogP contribution in [0.4, 0.5) is 5.69 Å². The molecule has 3 heteroatoms. The number of hydrogen-bond donors (Lipinski definition) is 1. The first-order valence-corrected chi connectivity index (χ1v) is 8.71. The predicted molar refractivity (Wildman–Crippen MR) is 101 cm³/mol. The molecule has 3 nitrogen and oxygen atoms in total. The predicted octanol–water partition coefficient (Wildman–Crippen LogP) is 4.52. The van der Waals surface area contributed by atoms with Gasteiger partial charge in [0, 0.05) is 17.5 Å². The first-order chi connectivity index (χ1) is 12.2. The highest BCUT2D eigenvalue weighted by molar-refractivity contribution is 6.05. The lowest BCUT2D eigenvalue weighted by atomic mass is 10.0.